The molecule has 0 saturated carbocycles. The first-order valence-corrected chi connectivity index (χ1v) is 5.62. The second-order valence-corrected chi connectivity index (χ2v) is 4.41. The van der Waals surface area contributed by atoms with Gasteiger partial charge in [0.2, 0.25) is 5.91 Å². The van der Waals surface area contributed by atoms with Crippen molar-refractivity contribution in [2.24, 2.45) is 0 Å². The van der Waals surface area contributed by atoms with Crippen molar-refractivity contribution in [3.8, 4) is 0 Å². The Kier molecular flexibility index (Phi) is 5.06. The van der Waals surface area contributed by atoms with Crippen molar-refractivity contribution in [1.29, 1.82) is 0 Å². The van der Waals surface area contributed by atoms with Crippen molar-refractivity contribution >= 4 is 29.1 Å². The molecule has 0 radical (unpaired) electrons. The van der Waals surface area contributed by atoms with Gasteiger partial charge in [-0.2, -0.15) is 0 Å². The topological polar surface area (TPSA) is 49.3 Å². The van der Waals surface area contributed by atoms with E-state index in [1.165, 1.54) is 0 Å². The number of hydrogen-bond acceptors (Lipinski definition) is 2. The molecule has 0 aliphatic heterocycles. The quantitative estimate of drug-likeness (QED) is 0.872. The Morgan fingerprint density at radius 1 is 1.50 bits per heavy atom. The Balaban J connectivity index is 2.63. The fraction of sp³-hybridized carbons (Fsp3) is 0.364. The molecule has 0 aliphatic carbocycles. The molecule has 16 heavy (non-hydrogen) atoms. The van der Waals surface area contributed by atoms with Crippen LogP contribution in [0.2, 0.25) is 10.0 Å². The SMILES string of the molecule is CC(CO)NC(=O)Cc1ccc(Cl)cc1Cl. The molecule has 0 aliphatic rings. The fourth-order valence-electron chi connectivity index (χ4n) is 1.21. The zero-order valence-corrected chi connectivity index (χ0v) is 10.3. The zero-order valence-electron chi connectivity index (χ0n) is 8.84. The Bertz CT molecular complexity index is 382. The molecule has 0 heterocycles. The van der Waals surface area contributed by atoms with E-state index in [1.807, 2.05) is 0 Å². The minimum Gasteiger partial charge on any atom is -0.394 e. The number of carbonyl (C=O) groups is 1. The predicted octanol–water partition coefficient (Wildman–Crippen LogP) is 2.03. The highest BCUT2D eigenvalue weighted by atomic mass is 35.5. The lowest BCUT2D eigenvalue weighted by Gasteiger charge is -2.11. The van der Waals surface area contributed by atoms with Crippen molar-refractivity contribution in [3.05, 3.63) is 33.8 Å². The number of amides is 1. The van der Waals surface area contributed by atoms with Gasteiger partial charge < -0.3 is 10.4 Å². The summed E-state index contributed by atoms with van der Waals surface area (Å²) in [6.45, 7) is 1.64. The molecule has 1 aromatic rings. The van der Waals surface area contributed by atoms with Gasteiger partial charge in [-0.25, -0.2) is 0 Å². The van der Waals surface area contributed by atoms with Crippen molar-refractivity contribution in [2.75, 3.05) is 6.61 Å². The summed E-state index contributed by atoms with van der Waals surface area (Å²) in [6, 6.07) is 4.75. The van der Waals surface area contributed by atoms with Crippen LogP contribution < -0.4 is 5.32 Å². The van der Waals surface area contributed by atoms with Crippen LogP contribution in [0, 0.1) is 0 Å². The number of hydrogen-bond donors (Lipinski definition) is 2. The fourth-order valence-corrected chi connectivity index (χ4v) is 1.68. The van der Waals surface area contributed by atoms with Crippen molar-refractivity contribution in [1.82, 2.24) is 5.32 Å². The summed E-state index contributed by atoms with van der Waals surface area (Å²) in [5, 5.41) is 12.4. The van der Waals surface area contributed by atoms with Crippen LogP contribution in [0.15, 0.2) is 18.2 Å². The van der Waals surface area contributed by atoms with Crippen molar-refractivity contribution < 1.29 is 9.90 Å². The molecule has 0 bridgehead atoms. The van der Waals surface area contributed by atoms with Crippen LogP contribution in [0.5, 0.6) is 0 Å². The van der Waals surface area contributed by atoms with E-state index in [4.69, 9.17) is 28.3 Å². The van der Waals surface area contributed by atoms with E-state index >= 15 is 0 Å². The number of rotatable bonds is 4. The zero-order chi connectivity index (χ0) is 12.1. The molecule has 0 spiro atoms. The van der Waals surface area contributed by atoms with Crippen LogP contribution in [0.3, 0.4) is 0 Å². The number of nitrogens with one attached hydrogen (secondary N) is 1. The molecule has 1 amide bonds. The second kappa shape index (κ2) is 6.09. The summed E-state index contributed by atoms with van der Waals surface area (Å²) < 4.78 is 0. The minimum atomic E-state index is -0.251. The molecule has 88 valence electrons. The Morgan fingerprint density at radius 3 is 2.75 bits per heavy atom. The molecule has 0 fully saturated rings. The van der Waals surface area contributed by atoms with Gasteiger partial charge in [0.05, 0.1) is 13.0 Å². The van der Waals surface area contributed by atoms with Crippen LogP contribution in [-0.4, -0.2) is 23.7 Å². The summed E-state index contributed by atoms with van der Waals surface area (Å²) in [7, 11) is 0. The largest absolute Gasteiger partial charge is 0.394 e. The van der Waals surface area contributed by atoms with Gasteiger partial charge in [-0.3, -0.25) is 4.79 Å². The van der Waals surface area contributed by atoms with E-state index in [-0.39, 0.29) is 25.0 Å². The maximum Gasteiger partial charge on any atom is 0.224 e. The van der Waals surface area contributed by atoms with Gasteiger partial charge in [0, 0.05) is 16.1 Å². The van der Waals surface area contributed by atoms with Crippen LogP contribution >= 0.6 is 23.2 Å². The summed E-state index contributed by atoms with van der Waals surface area (Å²) in [5.41, 5.74) is 0.716. The highest BCUT2D eigenvalue weighted by molar-refractivity contribution is 6.35. The summed E-state index contributed by atoms with van der Waals surface area (Å²) in [4.78, 5) is 11.5. The number of halogens is 2. The normalized spacial score (nSPS) is 12.2. The van der Waals surface area contributed by atoms with Gasteiger partial charge in [-0.1, -0.05) is 29.3 Å². The highest BCUT2D eigenvalue weighted by Crippen LogP contribution is 2.21. The third kappa shape index (κ3) is 4.00. The first kappa shape index (κ1) is 13.3. The van der Waals surface area contributed by atoms with Crippen LogP contribution in [0.1, 0.15) is 12.5 Å². The molecule has 1 atom stereocenters. The number of aliphatic hydroxyl groups is 1. The minimum absolute atomic E-state index is 0.0832. The maximum absolute atomic E-state index is 11.5. The van der Waals surface area contributed by atoms with Gasteiger partial charge in [-0.05, 0) is 24.6 Å². The first-order valence-electron chi connectivity index (χ1n) is 4.87. The molecule has 0 aromatic heterocycles. The summed E-state index contributed by atoms with van der Waals surface area (Å²) in [5.74, 6) is -0.175. The Morgan fingerprint density at radius 2 is 2.19 bits per heavy atom. The summed E-state index contributed by atoms with van der Waals surface area (Å²) >= 11 is 11.7. The van der Waals surface area contributed by atoms with Crippen molar-refractivity contribution in [2.45, 2.75) is 19.4 Å². The third-order valence-corrected chi connectivity index (χ3v) is 2.63. The lowest BCUT2D eigenvalue weighted by atomic mass is 10.1. The third-order valence-electron chi connectivity index (χ3n) is 2.05. The standard InChI is InChI=1S/C11H13Cl2NO2/c1-7(6-15)14-11(16)4-8-2-3-9(12)5-10(8)13/h2-3,5,7,15H,4,6H2,1H3,(H,14,16). The molecule has 1 rings (SSSR count). The Hall–Kier alpha value is -0.770. The lowest BCUT2D eigenvalue weighted by molar-refractivity contribution is -0.121. The van der Waals surface area contributed by atoms with Crippen LogP contribution in [0.25, 0.3) is 0 Å². The molecular weight excluding hydrogens is 249 g/mol. The molecule has 1 aromatic carbocycles. The van der Waals surface area contributed by atoms with Gasteiger partial charge in [0.15, 0.2) is 0 Å². The average molecular weight is 262 g/mol. The molecule has 1 unspecified atom stereocenters. The average Bonchev–Trinajstić information content (AvgIpc) is 2.22. The molecule has 2 N–H and O–H groups in total. The van der Waals surface area contributed by atoms with E-state index in [1.54, 1.807) is 25.1 Å². The van der Waals surface area contributed by atoms with Gasteiger partial charge >= 0.3 is 0 Å². The molecule has 5 heteroatoms. The molecular formula is C11H13Cl2NO2. The van der Waals surface area contributed by atoms with E-state index < -0.39 is 0 Å². The number of carbonyl (C=O) groups excluding carboxylic acids is 1. The lowest BCUT2D eigenvalue weighted by Crippen LogP contribution is -2.36. The number of aliphatic hydroxyl groups excluding tert-OH is 1. The van der Waals surface area contributed by atoms with Crippen LogP contribution in [-0.2, 0) is 11.2 Å². The monoisotopic (exact) mass is 261 g/mol. The van der Waals surface area contributed by atoms with E-state index in [9.17, 15) is 4.79 Å². The van der Waals surface area contributed by atoms with E-state index in [0.29, 0.717) is 15.6 Å². The molecule has 3 nitrogen and oxygen atoms in total. The van der Waals surface area contributed by atoms with Gasteiger partial charge in [0.25, 0.3) is 0 Å². The van der Waals surface area contributed by atoms with Crippen LogP contribution in [0.4, 0.5) is 0 Å². The predicted molar refractivity (Wildman–Crippen MR) is 64.9 cm³/mol. The van der Waals surface area contributed by atoms with E-state index in [0.717, 1.165) is 0 Å². The highest BCUT2D eigenvalue weighted by Gasteiger charge is 2.09. The first-order chi connectivity index (χ1) is 7.52. The Labute approximate surface area is 104 Å². The smallest absolute Gasteiger partial charge is 0.224 e. The maximum atomic E-state index is 11.5. The van der Waals surface area contributed by atoms with Gasteiger partial charge in [-0.15, -0.1) is 0 Å². The van der Waals surface area contributed by atoms with Crippen molar-refractivity contribution in [3.63, 3.8) is 0 Å². The second-order valence-electron chi connectivity index (χ2n) is 3.56. The van der Waals surface area contributed by atoms with Gasteiger partial charge in [0.1, 0.15) is 0 Å². The van der Waals surface area contributed by atoms with E-state index in [2.05, 4.69) is 5.32 Å². The number of benzene rings is 1. The summed E-state index contributed by atoms with van der Waals surface area (Å²) in [6.07, 6.45) is 0.181. The molecule has 0 saturated heterocycles.